The molecule has 0 spiro atoms. The predicted octanol–water partition coefficient (Wildman–Crippen LogP) is 4.25. The van der Waals surface area contributed by atoms with Crippen molar-refractivity contribution < 1.29 is 0 Å². The van der Waals surface area contributed by atoms with Crippen LogP contribution in [0.5, 0.6) is 0 Å². The summed E-state index contributed by atoms with van der Waals surface area (Å²) in [7, 11) is 0. The average molecular weight is 292 g/mol. The summed E-state index contributed by atoms with van der Waals surface area (Å²) < 4.78 is 0. The third kappa shape index (κ3) is 3.22. The number of amidine groups is 1. The molecule has 0 saturated carbocycles. The topological polar surface area (TPSA) is 15.6 Å². The maximum Gasteiger partial charge on any atom is 0.131 e. The highest BCUT2D eigenvalue weighted by molar-refractivity contribution is 5.99. The van der Waals surface area contributed by atoms with Crippen LogP contribution >= 0.6 is 0 Å². The molecule has 0 amide bonds. The van der Waals surface area contributed by atoms with Gasteiger partial charge in [0.2, 0.25) is 0 Å². The van der Waals surface area contributed by atoms with Crippen LogP contribution in [0.1, 0.15) is 37.5 Å². The Morgan fingerprint density at radius 3 is 2.27 bits per heavy atom. The Labute approximate surface area is 133 Å². The minimum Gasteiger partial charge on any atom is -0.350 e. The molecule has 22 heavy (non-hydrogen) atoms. The minimum atomic E-state index is 0.211. The van der Waals surface area contributed by atoms with E-state index in [-0.39, 0.29) is 5.41 Å². The first-order valence-electron chi connectivity index (χ1n) is 7.98. The zero-order valence-corrected chi connectivity index (χ0v) is 13.7. The van der Waals surface area contributed by atoms with Crippen LogP contribution in [0.3, 0.4) is 0 Å². The fraction of sp³-hybridized carbons (Fsp3) is 0.350. The molecular formula is C20H24N2. The summed E-state index contributed by atoms with van der Waals surface area (Å²) in [6.45, 7) is 9.58. The Morgan fingerprint density at radius 1 is 0.955 bits per heavy atom. The Balaban J connectivity index is 1.75. The SMILES string of the molecule is CC(C)(C)c1ccc(CN2CCN=C2c2ccccc2)cc1. The summed E-state index contributed by atoms with van der Waals surface area (Å²) in [5, 5.41) is 0. The van der Waals surface area contributed by atoms with Gasteiger partial charge in [-0.25, -0.2) is 0 Å². The van der Waals surface area contributed by atoms with Crippen LogP contribution in [-0.2, 0) is 12.0 Å². The molecule has 0 atom stereocenters. The molecule has 3 rings (SSSR count). The summed E-state index contributed by atoms with van der Waals surface area (Å²) in [4.78, 5) is 7.06. The lowest BCUT2D eigenvalue weighted by Gasteiger charge is -2.22. The van der Waals surface area contributed by atoms with E-state index in [0.717, 1.165) is 25.5 Å². The van der Waals surface area contributed by atoms with Crippen molar-refractivity contribution >= 4 is 5.84 Å². The number of hydrogen-bond acceptors (Lipinski definition) is 2. The first-order chi connectivity index (χ1) is 10.5. The average Bonchev–Trinajstić information content (AvgIpc) is 2.96. The lowest BCUT2D eigenvalue weighted by molar-refractivity contribution is 0.452. The van der Waals surface area contributed by atoms with Crippen molar-refractivity contribution in [3.8, 4) is 0 Å². The van der Waals surface area contributed by atoms with Crippen LogP contribution in [0.15, 0.2) is 59.6 Å². The molecule has 1 heterocycles. The van der Waals surface area contributed by atoms with Gasteiger partial charge in [-0.3, -0.25) is 4.99 Å². The Hall–Kier alpha value is -2.09. The van der Waals surface area contributed by atoms with E-state index >= 15 is 0 Å². The fourth-order valence-corrected chi connectivity index (χ4v) is 2.83. The molecule has 0 N–H and O–H groups in total. The molecule has 2 aromatic rings. The first kappa shape index (κ1) is 14.8. The second-order valence-corrected chi connectivity index (χ2v) is 6.94. The molecule has 114 valence electrons. The van der Waals surface area contributed by atoms with Gasteiger partial charge in [0.15, 0.2) is 0 Å². The first-order valence-corrected chi connectivity index (χ1v) is 7.98. The van der Waals surface area contributed by atoms with Crippen molar-refractivity contribution in [2.45, 2.75) is 32.7 Å². The van der Waals surface area contributed by atoms with Gasteiger partial charge in [-0.05, 0) is 16.5 Å². The molecule has 0 unspecified atom stereocenters. The summed E-state index contributed by atoms with van der Waals surface area (Å²) in [5.74, 6) is 1.13. The van der Waals surface area contributed by atoms with Gasteiger partial charge < -0.3 is 4.90 Å². The van der Waals surface area contributed by atoms with Crippen LogP contribution in [0, 0.1) is 0 Å². The zero-order valence-electron chi connectivity index (χ0n) is 13.7. The van der Waals surface area contributed by atoms with Crippen LogP contribution in [0.4, 0.5) is 0 Å². The van der Waals surface area contributed by atoms with E-state index in [0.29, 0.717) is 0 Å². The number of nitrogens with zero attached hydrogens (tertiary/aromatic N) is 2. The predicted molar refractivity (Wildman–Crippen MR) is 93.4 cm³/mol. The fourth-order valence-electron chi connectivity index (χ4n) is 2.83. The normalized spacial score (nSPS) is 15.0. The lowest BCUT2D eigenvalue weighted by Crippen LogP contribution is -2.27. The van der Waals surface area contributed by atoms with Crippen molar-refractivity contribution in [2.75, 3.05) is 13.1 Å². The van der Waals surface area contributed by atoms with Gasteiger partial charge in [-0.2, -0.15) is 0 Å². The molecule has 1 aliphatic rings. The van der Waals surface area contributed by atoms with Crippen LogP contribution in [0.2, 0.25) is 0 Å². The third-order valence-electron chi connectivity index (χ3n) is 4.16. The molecule has 0 aliphatic carbocycles. The molecule has 2 heteroatoms. The molecule has 0 radical (unpaired) electrons. The standard InChI is InChI=1S/C20H24N2/c1-20(2,3)18-11-9-16(10-12-18)15-22-14-13-21-19(22)17-7-5-4-6-8-17/h4-12H,13-15H2,1-3H3. The van der Waals surface area contributed by atoms with Crippen LogP contribution in [-0.4, -0.2) is 23.8 Å². The number of hydrogen-bond donors (Lipinski definition) is 0. The summed E-state index contributed by atoms with van der Waals surface area (Å²) >= 11 is 0. The number of benzene rings is 2. The number of rotatable bonds is 3. The van der Waals surface area contributed by atoms with E-state index in [4.69, 9.17) is 0 Å². The van der Waals surface area contributed by atoms with Gasteiger partial charge in [0.25, 0.3) is 0 Å². The molecule has 1 aliphatic heterocycles. The van der Waals surface area contributed by atoms with E-state index in [1.54, 1.807) is 0 Å². The van der Waals surface area contributed by atoms with E-state index in [1.165, 1.54) is 16.7 Å². The van der Waals surface area contributed by atoms with Crippen LogP contribution < -0.4 is 0 Å². The summed E-state index contributed by atoms with van der Waals surface area (Å²) in [6.07, 6.45) is 0. The minimum absolute atomic E-state index is 0.211. The molecule has 0 saturated heterocycles. The van der Waals surface area contributed by atoms with E-state index in [2.05, 4.69) is 85.3 Å². The highest BCUT2D eigenvalue weighted by Crippen LogP contribution is 2.23. The highest BCUT2D eigenvalue weighted by Gasteiger charge is 2.19. The maximum atomic E-state index is 4.68. The van der Waals surface area contributed by atoms with E-state index in [9.17, 15) is 0 Å². The van der Waals surface area contributed by atoms with Crippen molar-refractivity contribution in [1.29, 1.82) is 0 Å². The highest BCUT2D eigenvalue weighted by atomic mass is 15.2. The van der Waals surface area contributed by atoms with Crippen molar-refractivity contribution in [3.63, 3.8) is 0 Å². The molecule has 0 aromatic heterocycles. The Bertz CT molecular complexity index is 648. The van der Waals surface area contributed by atoms with Gasteiger partial charge in [-0.1, -0.05) is 75.4 Å². The van der Waals surface area contributed by atoms with Gasteiger partial charge in [-0.15, -0.1) is 0 Å². The van der Waals surface area contributed by atoms with Gasteiger partial charge in [0.05, 0.1) is 6.54 Å². The van der Waals surface area contributed by atoms with Gasteiger partial charge in [0, 0.05) is 18.7 Å². The molecule has 2 aromatic carbocycles. The summed E-state index contributed by atoms with van der Waals surface area (Å²) in [6, 6.07) is 19.5. The molecule has 0 fully saturated rings. The quantitative estimate of drug-likeness (QED) is 0.826. The van der Waals surface area contributed by atoms with Crippen molar-refractivity contribution in [3.05, 3.63) is 71.3 Å². The number of aliphatic imine (C=N–C) groups is 1. The zero-order chi connectivity index (χ0) is 15.6. The monoisotopic (exact) mass is 292 g/mol. The largest absolute Gasteiger partial charge is 0.350 e. The second-order valence-electron chi connectivity index (χ2n) is 6.94. The Morgan fingerprint density at radius 2 is 1.64 bits per heavy atom. The van der Waals surface area contributed by atoms with E-state index < -0.39 is 0 Å². The van der Waals surface area contributed by atoms with E-state index in [1.807, 2.05) is 0 Å². The van der Waals surface area contributed by atoms with Crippen molar-refractivity contribution in [1.82, 2.24) is 4.90 Å². The Kier molecular flexibility index (Phi) is 4.02. The third-order valence-corrected chi connectivity index (χ3v) is 4.16. The molecule has 0 bridgehead atoms. The molecular weight excluding hydrogens is 268 g/mol. The lowest BCUT2D eigenvalue weighted by atomic mass is 9.87. The van der Waals surface area contributed by atoms with Crippen molar-refractivity contribution in [2.24, 2.45) is 4.99 Å². The maximum absolute atomic E-state index is 4.68. The van der Waals surface area contributed by atoms with Gasteiger partial charge in [0.1, 0.15) is 5.84 Å². The van der Waals surface area contributed by atoms with Crippen LogP contribution in [0.25, 0.3) is 0 Å². The van der Waals surface area contributed by atoms with Gasteiger partial charge >= 0.3 is 0 Å². The summed E-state index contributed by atoms with van der Waals surface area (Å²) in [5.41, 5.74) is 4.16. The smallest absolute Gasteiger partial charge is 0.131 e. The second kappa shape index (κ2) is 5.96. The molecule has 2 nitrogen and oxygen atoms in total.